The molecule has 0 aliphatic carbocycles. The summed E-state index contributed by atoms with van der Waals surface area (Å²) in [6.07, 6.45) is 5.32. The van der Waals surface area contributed by atoms with Gasteiger partial charge >= 0.3 is 7.12 Å². The Kier molecular flexibility index (Phi) is 4.49. The van der Waals surface area contributed by atoms with Gasteiger partial charge < -0.3 is 24.1 Å². The third-order valence-corrected chi connectivity index (χ3v) is 5.66. The van der Waals surface area contributed by atoms with Crippen molar-refractivity contribution < 1.29 is 24.0 Å². The monoisotopic (exact) mass is 363 g/mol. The maximum Gasteiger partial charge on any atom is 0.476 e. The van der Waals surface area contributed by atoms with Crippen molar-refractivity contribution in [3.05, 3.63) is 35.0 Å². The fraction of sp³-hybridized carbons (Fsp3) is 0.471. The second kappa shape index (κ2) is 6.65. The highest BCUT2D eigenvalue weighted by Gasteiger charge is 2.46. The van der Waals surface area contributed by atoms with Gasteiger partial charge in [0.15, 0.2) is 5.58 Å². The summed E-state index contributed by atoms with van der Waals surface area (Å²) < 4.78 is 11.3. The second-order valence-electron chi connectivity index (χ2n) is 6.79. The number of carbonyl (C=O) groups excluding carboxylic acids is 1. The molecule has 0 saturated carbocycles. The number of halogens is 1. The van der Waals surface area contributed by atoms with Crippen molar-refractivity contribution in [2.45, 2.75) is 49.9 Å². The summed E-state index contributed by atoms with van der Waals surface area (Å²) in [6, 6.07) is 5.30. The molecule has 0 spiro atoms. The molecule has 2 fully saturated rings. The van der Waals surface area contributed by atoms with Crippen LogP contribution >= 0.6 is 11.6 Å². The second-order valence-corrected chi connectivity index (χ2v) is 7.20. The number of carbonyl (C=O) groups is 1. The maximum atomic E-state index is 11.8. The number of amides is 1. The van der Waals surface area contributed by atoms with Crippen LogP contribution in [0.4, 0.5) is 0 Å². The molecular formula is C17H19BClNO5. The predicted molar refractivity (Wildman–Crippen MR) is 93.1 cm³/mol. The highest BCUT2D eigenvalue weighted by Crippen LogP contribution is 2.38. The maximum absolute atomic E-state index is 11.8. The van der Waals surface area contributed by atoms with Gasteiger partial charge in [-0.2, -0.15) is 0 Å². The van der Waals surface area contributed by atoms with Crippen LogP contribution in [0, 0.1) is 0 Å². The zero-order chi connectivity index (χ0) is 17.6. The first kappa shape index (κ1) is 16.9. The Morgan fingerprint density at radius 1 is 1.40 bits per heavy atom. The number of fused-ring (bicyclic) bond motifs is 3. The molecule has 25 heavy (non-hydrogen) atoms. The van der Waals surface area contributed by atoms with Crippen LogP contribution in [0.5, 0.6) is 0 Å². The van der Waals surface area contributed by atoms with Gasteiger partial charge in [-0.25, -0.2) is 0 Å². The molecule has 4 atom stereocenters. The van der Waals surface area contributed by atoms with Gasteiger partial charge in [0.05, 0.1) is 35.5 Å². The third kappa shape index (κ3) is 2.95. The van der Waals surface area contributed by atoms with Crippen molar-refractivity contribution in [1.29, 1.82) is 0 Å². The van der Waals surface area contributed by atoms with Crippen LogP contribution in [0.15, 0.2) is 28.9 Å². The van der Waals surface area contributed by atoms with Crippen LogP contribution in [0.2, 0.25) is 5.02 Å². The molecule has 0 radical (unpaired) electrons. The molecule has 2 N–H and O–H groups in total. The SMILES string of the molecule is O=CN([C@@H](Cc1coc2c(Cl)cccc12)B(O)O)[C@H]1C[C@@H]2CC[C@H]1O2. The van der Waals surface area contributed by atoms with Crippen molar-refractivity contribution in [1.82, 2.24) is 4.90 Å². The molecule has 0 unspecified atom stereocenters. The Labute approximate surface area is 150 Å². The third-order valence-electron chi connectivity index (χ3n) is 5.37. The van der Waals surface area contributed by atoms with Crippen molar-refractivity contribution in [3.63, 3.8) is 0 Å². The first-order valence-electron chi connectivity index (χ1n) is 8.47. The first-order valence-corrected chi connectivity index (χ1v) is 8.85. The smallest absolute Gasteiger partial charge is 0.462 e. The Morgan fingerprint density at radius 2 is 2.24 bits per heavy atom. The quantitative estimate of drug-likeness (QED) is 0.604. The van der Waals surface area contributed by atoms with Gasteiger partial charge in [-0.05, 0) is 37.3 Å². The molecule has 2 bridgehead atoms. The molecule has 2 saturated heterocycles. The van der Waals surface area contributed by atoms with Crippen LogP contribution < -0.4 is 0 Å². The topological polar surface area (TPSA) is 83.1 Å². The molecule has 2 aliphatic rings. The van der Waals surface area contributed by atoms with E-state index in [0.29, 0.717) is 17.0 Å². The lowest BCUT2D eigenvalue weighted by atomic mass is 9.73. The summed E-state index contributed by atoms with van der Waals surface area (Å²) in [5.74, 6) is -0.773. The minimum atomic E-state index is -1.66. The Morgan fingerprint density at radius 3 is 2.88 bits per heavy atom. The van der Waals surface area contributed by atoms with E-state index in [0.717, 1.165) is 30.2 Å². The zero-order valence-electron chi connectivity index (χ0n) is 13.5. The number of hydrogen-bond donors (Lipinski definition) is 2. The Balaban J connectivity index is 1.62. The predicted octanol–water partition coefficient (Wildman–Crippen LogP) is 1.79. The lowest BCUT2D eigenvalue weighted by Crippen LogP contribution is -2.54. The van der Waals surface area contributed by atoms with E-state index in [-0.39, 0.29) is 24.7 Å². The summed E-state index contributed by atoms with van der Waals surface area (Å²) in [5, 5.41) is 21.2. The Bertz CT molecular complexity index is 781. The van der Waals surface area contributed by atoms with E-state index >= 15 is 0 Å². The van der Waals surface area contributed by atoms with E-state index in [2.05, 4.69) is 0 Å². The summed E-state index contributed by atoms with van der Waals surface area (Å²) in [7, 11) is -1.66. The van der Waals surface area contributed by atoms with Crippen LogP contribution in [0.1, 0.15) is 24.8 Å². The highest BCUT2D eigenvalue weighted by molar-refractivity contribution is 6.43. The molecule has 8 heteroatoms. The fourth-order valence-corrected chi connectivity index (χ4v) is 4.37. The number of hydrogen-bond acceptors (Lipinski definition) is 5. The molecule has 132 valence electrons. The van der Waals surface area contributed by atoms with Crippen LogP contribution in [0.25, 0.3) is 11.0 Å². The molecule has 6 nitrogen and oxygen atoms in total. The Hall–Kier alpha value is -1.54. The van der Waals surface area contributed by atoms with Gasteiger partial charge in [0.1, 0.15) is 0 Å². The minimum absolute atomic E-state index is 0.0213. The number of rotatable bonds is 6. The largest absolute Gasteiger partial charge is 0.476 e. The molecular weight excluding hydrogens is 344 g/mol. The van der Waals surface area contributed by atoms with Crippen molar-refractivity contribution >= 4 is 36.1 Å². The molecule has 2 aromatic rings. The molecule has 1 aromatic carbocycles. The van der Waals surface area contributed by atoms with E-state index in [1.54, 1.807) is 12.3 Å². The average Bonchev–Trinajstić information content (AvgIpc) is 3.30. The van der Waals surface area contributed by atoms with E-state index in [4.69, 9.17) is 20.8 Å². The number of furan rings is 1. The van der Waals surface area contributed by atoms with Crippen LogP contribution in [-0.2, 0) is 16.0 Å². The minimum Gasteiger partial charge on any atom is -0.462 e. The molecule has 2 aliphatic heterocycles. The van der Waals surface area contributed by atoms with Crippen LogP contribution in [-0.4, -0.2) is 52.7 Å². The number of para-hydroxylation sites is 1. The van der Waals surface area contributed by atoms with Gasteiger partial charge in [-0.1, -0.05) is 23.7 Å². The summed E-state index contributed by atoms with van der Waals surface area (Å²) >= 11 is 6.13. The number of nitrogens with zero attached hydrogens (tertiary/aromatic N) is 1. The van der Waals surface area contributed by atoms with Gasteiger partial charge in [0.25, 0.3) is 0 Å². The number of benzene rings is 1. The summed E-state index contributed by atoms with van der Waals surface area (Å²) in [4.78, 5) is 13.3. The molecule has 4 rings (SSSR count). The zero-order valence-corrected chi connectivity index (χ0v) is 14.3. The van der Waals surface area contributed by atoms with Crippen molar-refractivity contribution in [2.75, 3.05) is 0 Å². The van der Waals surface area contributed by atoms with Gasteiger partial charge in [-0.15, -0.1) is 0 Å². The normalized spacial score (nSPS) is 26.1. The molecule has 1 amide bonds. The molecule has 1 aromatic heterocycles. The van der Waals surface area contributed by atoms with Crippen molar-refractivity contribution in [3.8, 4) is 0 Å². The highest BCUT2D eigenvalue weighted by atomic mass is 35.5. The first-order chi connectivity index (χ1) is 12.1. The lowest BCUT2D eigenvalue weighted by Gasteiger charge is -2.35. The van der Waals surface area contributed by atoms with E-state index in [1.807, 2.05) is 12.1 Å². The van der Waals surface area contributed by atoms with E-state index in [9.17, 15) is 14.8 Å². The standard InChI is InChI=1S/C17H19BClNO5/c19-13-3-1-2-12-10(8-24-17(12)13)6-16(18(22)23)20(9-21)14-7-11-4-5-15(14)25-11/h1-3,8-9,11,14-16,22-23H,4-7H2/t11-,14-,15+,16-/m0/s1. The fourth-order valence-electron chi connectivity index (χ4n) is 4.15. The molecule has 3 heterocycles. The lowest BCUT2D eigenvalue weighted by molar-refractivity contribution is -0.122. The van der Waals surface area contributed by atoms with E-state index < -0.39 is 13.1 Å². The summed E-state index contributed by atoms with van der Waals surface area (Å²) in [5.41, 5.74) is 1.35. The van der Waals surface area contributed by atoms with Crippen LogP contribution in [0.3, 0.4) is 0 Å². The van der Waals surface area contributed by atoms with E-state index in [1.165, 1.54) is 4.90 Å². The number of ether oxygens (including phenoxy) is 1. The summed E-state index contributed by atoms with van der Waals surface area (Å²) in [6.45, 7) is 0. The van der Waals surface area contributed by atoms with Gasteiger partial charge in [-0.3, -0.25) is 4.79 Å². The van der Waals surface area contributed by atoms with Gasteiger partial charge in [0.2, 0.25) is 6.41 Å². The average molecular weight is 364 g/mol. The van der Waals surface area contributed by atoms with Crippen molar-refractivity contribution in [2.24, 2.45) is 0 Å². The van der Waals surface area contributed by atoms with Gasteiger partial charge in [0, 0.05) is 5.39 Å².